The monoisotopic (exact) mass is 362 g/mol. The number of aryl methyl sites for hydroxylation is 1. The van der Waals surface area contributed by atoms with Crippen LogP contribution in [-0.4, -0.2) is 22.6 Å². The van der Waals surface area contributed by atoms with Gasteiger partial charge in [-0.1, -0.05) is 41.4 Å². The number of aromatic amines is 1. The van der Waals surface area contributed by atoms with Crippen LogP contribution in [0.15, 0.2) is 40.0 Å². The standard InChI is InChI=1S/C18H16Cl2N2O2/c1-8(2)21-16-15(20)18(24)14(19)13(17(16)23)12-9(3)22-11-7-5-4-6-10(11)12/h4-8,21-22H,1-3H3. The van der Waals surface area contributed by atoms with Gasteiger partial charge in [-0.25, -0.2) is 0 Å². The lowest BCUT2D eigenvalue weighted by atomic mass is 9.91. The minimum absolute atomic E-state index is 0.0484. The van der Waals surface area contributed by atoms with Crippen molar-refractivity contribution in [2.24, 2.45) is 0 Å². The lowest BCUT2D eigenvalue weighted by Gasteiger charge is -2.21. The van der Waals surface area contributed by atoms with Gasteiger partial charge < -0.3 is 10.3 Å². The van der Waals surface area contributed by atoms with E-state index in [4.69, 9.17) is 23.2 Å². The molecule has 124 valence electrons. The van der Waals surface area contributed by atoms with Crippen LogP contribution in [0.5, 0.6) is 0 Å². The summed E-state index contributed by atoms with van der Waals surface area (Å²) in [7, 11) is 0. The van der Waals surface area contributed by atoms with Crippen LogP contribution in [0.2, 0.25) is 0 Å². The molecule has 6 heteroatoms. The van der Waals surface area contributed by atoms with Crippen LogP contribution in [0.4, 0.5) is 0 Å². The Bertz CT molecular complexity index is 936. The molecule has 0 aliphatic heterocycles. The Morgan fingerprint density at radius 3 is 2.38 bits per heavy atom. The number of halogens is 2. The van der Waals surface area contributed by atoms with Crippen LogP contribution in [0.1, 0.15) is 25.1 Å². The van der Waals surface area contributed by atoms with E-state index in [1.165, 1.54) is 0 Å². The summed E-state index contributed by atoms with van der Waals surface area (Å²) in [6.45, 7) is 5.58. The van der Waals surface area contributed by atoms with Crippen molar-refractivity contribution in [2.75, 3.05) is 0 Å². The van der Waals surface area contributed by atoms with Gasteiger partial charge in [-0.05, 0) is 26.8 Å². The number of hydrogen-bond acceptors (Lipinski definition) is 3. The fourth-order valence-electron chi connectivity index (χ4n) is 2.89. The van der Waals surface area contributed by atoms with E-state index < -0.39 is 5.78 Å². The molecule has 3 rings (SSSR count). The van der Waals surface area contributed by atoms with Crippen LogP contribution >= 0.6 is 23.2 Å². The normalized spacial score (nSPS) is 15.9. The second-order valence-electron chi connectivity index (χ2n) is 6.01. The molecule has 0 unspecified atom stereocenters. The number of hydrogen-bond donors (Lipinski definition) is 2. The smallest absolute Gasteiger partial charge is 0.218 e. The summed E-state index contributed by atoms with van der Waals surface area (Å²) >= 11 is 12.3. The van der Waals surface area contributed by atoms with Crippen molar-refractivity contribution in [1.29, 1.82) is 0 Å². The van der Waals surface area contributed by atoms with Crippen molar-refractivity contribution >= 4 is 51.2 Å². The first-order valence-electron chi connectivity index (χ1n) is 7.56. The number of aromatic nitrogens is 1. The molecule has 0 spiro atoms. The predicted octanol–water partition coefficient (Wildman–Crippen LogP) is 4.03. The topological polar surface area (TPSA) is 62.0 Å². The van der Waals surface area contributed by atoms with Gasteiger partial charge in [0, 0.05) is 28.2 Å². The molecule has 0 saturated carbocycles. The number of ketones is 2. The van der Waals surface area contributed by atoms with Gasteiger partial charge in [0.1, 0.15) is 15.8 Å². The average molecular weight is 363 g/mol. The number of nitrogens with one attached hydrogen (secondary N) is 2. The number of allylic oxidation sites excluding steroid dienone is 3. The number of H-pyrrole nitrogens is 1. The molecule has 24 heavy (non-hydrogen) atoms. The fourth-order valence-corrected chi connectivity index (χ4v) is 3.45. The molecule has 0 fully saturated rings. The zero-order chi connectivity index (χ0) is 17.6. The first kappa shape index (κ1) is 16.8. The van der Waals surface area contributed by atoms with Gasteiger partial charge in [-0.3, -0.25) is 9.59 Å². The Morgan fingerprint density at radius 1 is 1.04 bits per heavy atom. The highest BCUT2D eigenvalue weighted by Crippen LogP contribution is 2.38. The van der Waals surface area contributed by atoms with Gasteiger partial charge in [0.2, 0.25) is 11.6 Å². The number of rotatable bonds is 3. The molecule has 4 nitrogen and oxygen atoms in total. The van der Waals surface area contributed by atoms with E-state index in [9.17, 15) is 9.59 Å². The highest BCUT2D eigenvalue weighted by molar-refractivity contribution is 6.63. The number of para-hydroxylation sites is 1. The molecule has 1 aromatic carbocycles. The van der Waals surface area contributed by atoms with Gasteiger partial charge in [0.15, 0.2) is 0 Å². The second kappa shape index (κ2) is 6.11. The van der Waals surface area contributed by atoms with Crippen molar-refractivity contribution in [3.63, 3.8) is 0 Å². The minimum Gasteiger partial charge on any atom is -0.378 e. The maximum Gasteiger partial charge on any atom is 0.218 e. The molecule has 1 aliphatic rings. The van der Waals surface area contributed by atoms with Crippen LogP contribution in [0.25, 0.3) is 16.5 Å². The van der Waals surface area contributed by atoms with E-state index in [1.54, 1.807) is 0 Å². The average Bonchev–Trinajstić information content (AvgIpc) is 2.86. The molecular weight excluding hydrogens is 347 g/mol. The summed E-state index contributed by atoms with van der Waals surface area (Å²) in [4.78, 5) is 28.7. The predicted molar refractivity (Wildman–Crippen MR) is 97.0 cm³/mol. The van der Waals surface area contributed by atoms with Crippen molar-refractivity contribution < 1.29 is 9.59 Å². The lowest BCUT2D eigenvalue weighted by molar-refractivity contribution is -0.114. The summed E-state index contributed by atoms with van der Waals surface area (Å²) in [6, 6.07) is 7.52. The molecule has 0 saturated heterocycles. The molecule has 1 heterocycles. The molecular formula is C18H16Cl2N2O2. The Hall–Kier alpha value is -2.04. The Kier molecular flexibility index (Phi) is 4.28. The molecule has 0 bridgehead atoms. The molecule has 0 radical (unpaired) electrons. The molecule has 1 aliphatic carbocycles. The highest BCUT2D eigenvalue weighted by Gasteiger charge is 2.36. The third kappa shape index (κ3) is 2.56. The van der Waals surface area contributed by atoms with Gasteiger partial charge in [-0.2, -0.15) is 0 Å². The molecule has 2 aromatic rings. The maximum atomic E-state index is 13.0. The van der Waals surface area contributed by atoms with Crippen LogP contribution in [-0.2, 0) is 9.59 Å². The van der Waals surface area contributed by atoms with E-state index in [1.807, 2.05) is 45.0 Å². The molecule has 1 aromatic heterocycles. The zero-order valence-corrected chi connectivity index (χ0v) is 15.0. The Balaban J connectivity index is 2.25. The van der Waals surface area contributed by atoms with Gasteiger partial charge >= 0.3 is 0 Å². The third-order valence-electron chi connectivity index (χ3n) is 3.87. The number of carbonyl (C=O) groups excluding carboxylic acids is 2. The number of Topliss-reactive ketones (excluding diaryl/α,β-unsaturated/α-hetero) is 2. The molecule has 2 N–H and O–H groups in total. The summed E-state index contributed by atoms with van der Waals surface area (Å²) in [5.41, 5.74) is 2.57. The maximum absolute atomic E-state index is 13.0. The van der Waals surface area contributed by atoms with Crippen molar-refractivity contribution in [2.45, 2.75) is 26.8 Å². The third-order valence-corrected chi connectivity index (χ3v) is 4.59. The van der Waals surface area contributed by atoms with Crippen LogP contribution in [0.3, 0.4) is 0 Å². The van der Waals surface area contributed by atoms with Crippen molar-refractivity contribution in [3.8, 4) is 0 Å². The first-order chi connectivity index (χ1) is 11.3. The zero-order valence-electron chi connectivity index (χ0n) is 13.5. The number of benzene rings is 1. The summed E-state index contributed by atoms with van der Waals surface area (Å²) in [6.07, 6.45) is 0. The van der Waals surface area contributed by atoms with Crippen molar-refractivity contribution in [1.82, 2.24) is 10.3 Å². The van der Waals surface area contributed by atoms with Crippen LogP contribution < -0.4 is 5.32 Å². The summed E-state index contributed by atoms with van der Waals surface area (Å²) in [5, 5.41) is 3.49. The van der Waals surface area contributed by atoms with E-state index in [0.29, 0.717) is 5.56 Å². The van der Waals surface area contributed by atoms with E-state index in [2.05, 4.69) is 10.3 Å². The minimum atomic E-state index is -0.541. The number of fused-ring (bicyclic) bond motifs is 1. The second-order valence-corrected chi connectivity index (χ2v) is 6.76. The molecule has 0 amide bonds. The number of carbonyl (C=O) groups is 2. The summed E-state index contributed by atoms with van der Waals surface area (Å²) < 4.78 is 0. The molecule has 0 atom stereocenters. The Morgan fingerprint density at radius 2 is 1.71 bits per heavy atom. The van der Waals surface area contributed by atoms with Gasteiger partial charge in [-0.15, -0.1) is 0 Å². The largest absolute Gasteiger partial charge is 0.378 e. The van der Waals surface area contributed by atoms with Gasteiger partial charge in [0.25, 0.3) is 0 Å². The SMILES string of the molecule is Cc1[nH]c2ccccc2c1C1=C(Cl)C(=O)C(Cl)=C(NC(C)C)C1=O. The summed E-state index contributed by atoms with van der Waals surface area (Å²) in [5.74, 6) is -0.910. The quantitative estimate of drug-likeness (QED) is 0.810. The van der Waals surface area contributed by atoms with Crippen molar-refractivity contribution in [3.05, 3.63) is 51.3 Å². The fraction of sp³-hybridized carbons (Fsp3) is 0.222. The van der Waals surface area contributed by atoms with E-state index in [0.717, 1.165) is 16.6 Å². The van der Waals surface area contributed by atoms with E-state index in [-0.39, 0.29) is 33.2 Å². The Labute approximate surface area is 149 Å². The van der Waals surface area contributed by atoms with E-state index >= 15 is 0 Å². The van der Waals surface area contributed by atoms with Crippen LogP contribution in [0, 0.1) is 6.92 Å². The first-order valence-corrected chi connectivity index (χ1v) is 8.31. The highest BCUT2D eigenvalue weighted by atomic mass is 35.5. The lowest BCUT2D eigenvalue weighted by Crippen LogP contribution is -2.32. The van der Waals surface area contributed by atoms with Gasteiger partial charge in [0.05, 0.1) is 5.57 Å².